The second kappa shape index (κ2) is 4.61. The zero-order valence-corrected chi connectivity index (χ0v) is 12.0. The van der Waals surface area contributed by atoms with E-state index in [4.69, 9.17) is 5.73 Å². The Morgan fingerprint density at radius 3 is 2.50 bits per heavy atom. The summed E-state index contributed by atoms with van der Waals surface area (Å²) in [6, 6.07) is 1.86. The van der Waals surface area contributed by atoms with Crippen molar-refractivity contribution < 1.29 is 5.11 Å². The molecule has 1 aromatic rings. The topological polar surface area (TPSA) is 46.2 Å². The fraction of sp³-hybridized carbons (Fsp3) is 0.556. The molecule has 0 aromatic carbocycles. The lowest BCUT2D eigenvalue weighted by Crippen LogP contribution is -2.31. The van der Waals surface area contributed by atoms with Gasteiger partial charge in [0.15, 0.2) is 0 Å². The van der Waals surface area contributed by atoms with Gasteiger partial charge < -0.3 is 10.8 Å². The van der Waals surface area contributed by atoms with Gasteiger partial charge in [0.1, 0.15) is 0 Å². The van der Waals surface area contributed by atoms with E-state index in [1.165, 1.54) is 0 Å². The molecule has 0 bridgehead atoms. The van der Waals surface area contributed by atoms with Crippen LogP contribution in [0.3, 0.4) is 0 Å². The average molecular weight is 343 g/mol. The molecule has 0 spiro atoms. The monoisotopic (exact) mass is 341 g/mol. The summed E-state index contributed by atoms with van der Waals surface area (Å²) in [7, 11) is 0. The molecule has 0 aliphatic heterocycles. The van der Waals surface area contributed by atoms with Crippen LogP contribution >= 0.6 is 43.2 Å². The fourth-order valence-electron chi connectivity index (χ4n) is 1.00. The Morgan fingerprint density at radius 2 is 2.14 bits per heavy atom. The summed E-state index contributed by atoms with van der Waals surface area (Å²) in [5.41, 5.74) is 5.79. The molecule has 3 N–H and O–H groups in total. The van der Waals surface area contributed by atoms with Crippen LogP contribution in [-0.2, 0) is 0 Å². The number of nitrogens with two attached hydrogens (primary N) is 1. The lowest BCUT2D eigenvalue weighted by molar-refractivity contribution is 0.133. The van der Waals surface area contributed by atoms with Gasteiger partial charge >= 0.3 is 0 Å². The van der Waals surface area contributed by atoms with E-state index >= 15 is 0 Å². The molecule has 0 amide bonds. The molecule has 0 aliphatic carbocycles. The van der Waals surface area contributed by atoms with Crippen LogP contribution in [0.15, 0.2) is 14.3 Å². The number of rotatable bonds is 3. The van der Waals surface area contributed by atoms with E-state index in [1.54, 1.807) is 11.3 Å². The first-order valence-electron chi connectivity index (χ1n) is 4.19. The zero-order valence-electron chi connectivity index (χ0n) is 8.05. The van der Waals surface area contributed by atoms with E-state index in [0.29, 0.717) is 0 Å². The van der Waals surface area contributed by atoms with E-state index in [1.807, 2.05) is 19.9 Å². The van der Waals surface area contributed by atoms with Crippen LogP contribution in [-0.4, -0.2) is 11.7 Å². The number of aliphatic hydroxyl groups excluding tert-OH is 1. The van der Waals surface area contributed by atoms with Gasteiger partial charge in [-0.1, -0.05) is 13.8 Å². The Hall–Kier alpha value is 0.580. The number of hydrogen-bond acceptors (Lipinski definition) is 3. The number of halogens is 2. The molecule has 0 fully saturated rings. The summed E-state index contributed by atoms with van der Waals surface area (Å²) >= 11 is 8.44. The second-order valence-corrected chi connectivity index (χ2v) is 7.15. The Morgan fingerprint density at radius 1 is 1.57 bits per heavy atom. The molecule has 0 saturated carbocycles. The second-order valence-electron chi connectivity index (χ2n) is 3.89. The van der Waals surface area contributed by atoms with Crippen LogP contribution in [0.1, 0.15) is 24.8 Å². The standard InChI is InChI=1S/C9H13Br2NOS/c1-9(2,4-13)7(12)6-3-5(10)8(11)14-6/h3,7,13H,4,12H2,1-2H3. The van der Waals surface area contributed by atoms with Gasteiger partial charge in [0, 0.05) is 20.8 Å². The van der Waals surface area contributed by atoms with Crippen molar-refractivity contribution in [2.45, 2.75) is 19.9 Å². The van der Waals surface area contributed by atoms with Gasteiger partial charge in [-0.3, -0.25) is 0 Å². The summed E-state index contributed by atoms with van der Waals surface area (Å²) in [6.45, 7) is 4.00. The summed E-state index contributed by atoms with van der Waals surface area (Å²) in [5, 5.41) is 9.20. The van der Waals surface area contributed by atoms with E-state index in [0.717, 1.165) is 13.1 Å². The van der Waals surface area contributed by atoms with E-state index < -0.39 is 0 Å². The lowest BCUT2D eigenvalue weighted by Gasteiger charge is -2.28. The number of hydrogen-bond donors (Lipinski definition) is 2. The molecule has 14 heavy (non-hydrogen) atoms. The summed E-state index contributed by atoms with van der Waals surface area (Å²) < 4.78 is 2.05. The van der Waals surface area contributed by atoms with Crippen LogP contribution in [0.4, 0.5) is 0 Å². The molecule has 1 heterocycles. The normalized spacial score (nSPS) is 14.4. The predicted molar refractivity (Wildman–Crippen MR) is 67.5 cm³/mol. The third-order valence-corrected chi connectivity index (χ3v) is 5.56. The van der Waals surface area contributed by atoms with Crippen molar-refractivity contribution in [1.29, 1.82) is 0 Å². The smallest absolute Gasteiger partial charge is 0.0843 e. The van der Waals surface area contributed by atoms with Crippen LogP contribution in [0.2, 0.25) is 0 Å². The van der Waals surface area contributed by atoms with Gasteiger partial charge in [-0.25, -0.2) is 0 Å². The molecule has 5 heteroatoms. The van der Waals surface area contributed by atoms with Crippen molar-refractivity contribution in [2.24, 2.45) is 11.1 Å². The third kappa shape index (κ3) is 2.58. The maximum absolute atomic E-state index is 9.20. The third-order valence-electron chi connectivity index (χ3n) is 2.22. The average Bonchev–Trinajstić information content (AvgIpc) is 2.45. The minimum absolute atomic E-state index is 0.0846. The largest absolute Gasteiger partial charge is 0.396 e. The molecule has 0 radical (unpaired) electrons. The van der Waals surface area contributed by atoms with Crippen molar-refractivity contribution in [3.05, 3.63) is 19.2 Å². The fourth-order valence-corrected chi connectivity index (χ4v) is 3.30. The Labute approximate surface area is 105 Å². The molecule has 1 unspecified atom stereocenters. The van der Waals surface area contributed by atoms with E-state index in [2.05, 4.69) is 31.9 Å². The Bertz CT molecular complexity index is 305. The molecule has 0 saturated heterocycles. The summed E-state index contributed by atoms with van der Waals surface area (Å²) in [4.78, 5) is 1.07. The highest BCUT2D eigenvalue weighted by Gasteiger charge is 2.28. The minimum atomic E-state index is -0.288. The number of aliphatic hydroxyl groups is 1. The van der Waals surface area contributed by atoms with Gasteiger partial charge in [0.2, 0.25) is 0 Å². The highest BCUT2D eigenvalue weighted by molar-refractivity contribution is 9.13. The molecule has 0 aliphatic rings. The Balaban J connectivity index is 2.94. The van der Waals surface area contributed by atoms with Crippen molar-refractivity contribution in [3.8, 4) is 0 Å². The van der Waals surface area contributed by atoms with Crippen molar-refractivity contribution in [2.75, 3.05) is 6.61 Å². The molecule has 80 valence electrons. The molecule has 1 rings (SSSR count). The number of thiophene rings is 1. The maximum Gasteiger partial charge on any atom is 0.0843 e. The first kappa shape index (κ1) is 12.6. The van der Waals surface area contributed by atoms with Gasteiger partial charge in [-0.2, -0.15) is 0 Å². The van der Waals surface area contributed by atoms with E-state index in [-0.39, 0.29) is 18.1 Å². The molecule has 1 aromatic heterocycles. The van der Waals surface area contributed by atoms with Crippen LogP contribution in [0.5, 0.6) is 0 Å². The Kier molecular flexibility index (Phi) is 4.17. The lowest BCUT2D eigenvalue weighted by atomic mass is 9.85. The molecule has 2 nitrogen and oxygen atoms in total. The molecule has 1 atom stereocenters. The zero-order chi connectivity index (χ0) is 10.9. The first-order valence-corrected chi connectivity index (χ1v) is 6.60. The van der Waals surface area contributed by atoms with Gasteiger partial charge in [-0.15, -0.1) is 11.3 Å². The van der Waals surface area contributed by atoms with Crippen molar-refractivity contribution in [3.63, 3.8) is 0 Å². The predicted octanol–water partition coefficient (Wildman–Crippen LogP) is 3.29. The SMILES string of the molecule is CC(C)(CO)C(N)c1cc(Br)c(Br)s1. The van der Waals surface area contributed by atoms with Crippen molar-refractivity contribution >= 4 is 43.2 Å². The first-order chi connectivity index (χ1) is 6.38. The maximum atomic E-state index is 9.20. The summed E-state index contributed by atoms with van der Waals surface area (Å²) in [5.74, 6) is 0. The van der Waals surface area contributed by atoms with Crippen molar-refractivity contribution in [1.82, 2.24) is 0 Å². The minimum Gasteiger partial charge on any atom is -0.396 e. The molecular formula is C9H13Br2NOS. The van der Waals surface area contributed by atoms with Gasteiger partial charge in [-0.05, 0) is 37.9 Å². The quantitative estimate of drug-likeness (QED) is 0.885. The highest BCUT2D eigenvalue weighted by atomic mass is 79.9. The summed E-state index contributed by atoms with van der Waals surface area (Å²) in [6.07, 6.45) is 0. The highest BCUT2D eigenvalue weighted by Crippen LogP contribution is 2.40. The van der Waals surface area contributed by atoms with Gasteiger partial charge in [0.05, 0.1) is 10.4 Å². The van der Waals surface area contributed by atoms with Crippen LogP contribution in [0, 0.1) is 5.41 Å². The van der Waals surface area contributed by atoms with Crippen LogP contribution < -0.4 is 5.73 Å². The molecular weight excluding hydrogens is 330 g/mol. The van der Waals surface area contributed by atoms with E-state index in [9.17, 15) is 5.11 Å². The van der Waals surface area contributed by atoms with Gasteiger partial charge in [0.25, 0.3) is 0 Å². The van der Waals surface area contributed by atoms with Crippen LogP contribution in [0.25, 0.3) is 0 Å².